The van der Waals surface area contributed by atoms with E-state index in [-0.39, 0.29) is 24.3 Å². The molecule has 0 bridgehead atoms. The van der Waals surface area contributed by atoms with Gasteiger partial charge in [-0.05, 0) is 30.2 Å². The number of hydrogen-bond donors (Lipinski definition) is 2. The van der Waals surface area contributed by atoms with Crippen molar-refractivity contribution in [1.82, 2.24) is 10.6 Å². The molecule has 0 aliphatic carbocycles. The zero-order valence-electron chi connectivity index (χ0n) is 13.9. The predicted octanol–water partition coefficient (Wildman–Crippen LogP) is 3.92. The van der Waals surface area contributed by atoms with Crippen molar-refractivity contribution in [2.24, 2.45) is 0 Å². The van der Waals surface area contributed by atoms with Crippen LogP contribution in [0.5, 0.6) is 0 Å². The van der Waals surface area contributed by atoms with E-state index in [1.54, 1.807) is 12.1 Å². The Labute approximate surface area is 157 Å². The van der Waals surface area contributed by atoms with E-state index in [1.807, 2.05) is 43.3 Å². The number of rotatable bonds is 7. The van der Waals surface area contributed by atoms with Crippen LogP contribution in [0.25, 0.3) is 0 Å². The molecule has 0 aliphatic rings. The van der Waals surface area contributed by atoms with Gasteiger partial charge in [-0.25, -0.2) is 0 Å². The van der Waals surface area contributed by atoms with E-state index in [9.17, 15) is 9.59 Å². The molecule has 0 saturated carbocycles. The molecule has 132 valence electrons. The van der Waals surface area contributed by atoms with Crippen LogP contribution < -0.4 is 10.6 Å². The third-order valence-corrected chi connectivity index (χ3v) is 4.44. The van der Waals surface area contributed by atoms with Crippen molar-refractivity contribution in [1.29, 1.82) is 0 Å². The van der Waals surface area contributed by atoms with E-state index < -0.39 is 0 Å². The Morgan fingerprint density at radius 3 is 2.40 bits per heavy atom. The quantitative estimate of drug-likeness (QED) is 0.766. The highest BCUT2D eigenvalue weighted by atomic mass is 35.5. The summed E-state index contributed by atoms with van der Waals surface area (Å²) < 4.78 is 0. The lowest BCUT2D eigenvalue weighted by molar-refractivity contribution is -0.122. The van der Waals surface area contributed by atoms with Crippen molar-refractivity contribution in [3.05, 3.63) is 69.7 Å². The second kappa shape index (κ2) is 9.44. The maximum absolute atomic E-state index is 12.0. The smallest absolute Gasteiger partial charge is 0.224 e. The summed E-state index contributed by atoms with van der Waals surface area (Å²) in [7, 11) is 0. The molecular weight excluding hydrogens is 359 g/mol. The Hall–Kier alpha value is -2.04. The van der Waals surface area contributed by atoms with Crippen LogP contribution in [0.2, 0.25) is 10.0 Å². The van der Waals surface area contributed by atoms with Crippen molar-refractivity contribution in [3.8, 4) is 0 Å². The molecule has 4 nitrogen and oxygen atoms in total. The van der Waals surface area contributed by atoms with Gasteiger partial charge in [0, 0.05) is 13.0 Å². The van der Waals surface area contributed by atoms with Crippen LogP contribution >= 0.6 is 23.2 Å². The summed E-state index contributed by atoms with van der Waals surface area (Å²) in [6.07, 6.45) is 0.522. The number of carbonyl (C=O) groups is 2. The maximum Gasteiger partial charge on any atom is 0.224 e. The Balaban J connectivity index is 1.73. The van der Waals surface area contributed by atoms with Crippen molar-refractivity contribution < 1.29 is 9.59 Å². The summed E-state index contributed by atoms with van der Waals surface area (Å²) in [6, 6.07) is 14.5. The Kier molecular flexibility index (Phi) is 7.29. The van der Waals surface area contributed by atoms with E-state index in [1.165, 1.54) is 0 Å². The van der Waals surface area contributed by atoms with Gasteiger partial charge in [-0.1, -0.05) is 59.6 Å². The second-order valence-electron chi connectivity index (χ2n) is 5.73. The largest absolute Gasteiger partial charge is 0.355 e. The molecule has 2 N–H and O–H groups in total. The molecule has 2 rings (SSSR count). The normalized spacial score (nSPS) is 11.6. The number of nitrogens with one attached hydrogen (secondary N) is 2. The van der Waals surface area contributed by atoms with Crippen LogP contribution in [-0.2, 0) is 16.0 Å². The molecule has 6 heteroatoms. The summed E-state index contributed by atoms with van der Waals surface area (Å²) in [5.74, 6) is -0.241. The number of halogens is 2. The molecule has 0 saturated heterocycles. The fourth-order valence-corrected chi connectivity index (χ4v) is 2.64. The number of amides is 2. The maximum atomic E-state index is 12.0. The average Bonchev–Trinajstić information content (AvgIpc) is 2.58. The van der Waals surface area contributed by atoms with Crippen molar-refractivity contribution >= 4 is 35.0 Å². The number of hydrogen-bond acceptors (Lipinski definition) is 2. The molecule has 0 spiro atoms. The molecule has 0 radical (unpaired) electrons. The first-order chi connectivity index (χ1) is 12.0. The summed E-state index contributed by atoms with van der Waals surface area (Å²) in [6.45, 7) is 2.16. The van der Waals surface area contributed by atoms with Crippen LogP contribution in [0.15, 0.2) is 48.5 Å². The van der Waals surface area contributed by atoms with Crippen LogP contribution in [0, 0.1) is 0 Å². The molecule has 2 aromatic rings. The Morgan fingerprint density at radius 2 is 1.72 bits per heavy atom. The van der Waals surface area contributed by atoms with Gasteiger partial charge in [-0.2, -0.15) is 0 Å². The molecule has 0 fully saturated rings. The fraction of sp³-hybridized carbons (Fsp3) is 0.263. The third kappa shape index (κ3) is 6.40. The van der Waals surface area contributed by atoms with Crippen molar-refractivity contribution in [2.75, 3.05) is 6.54 Å². The minimum Gasteiger partial charge on any atom is -0.355 e. The van der Waals surface area contributed by atoms with E-state index in [0.29, 0.717) is 23.0 Å². The molecule has 0 heterocycles. The molecule has 2 amide bonds. The van der Waals surface area contributed by atoms with E-state index in [0.717, 1.165) is 11.1 Å². The summed E-state index contributed by atoms with van der Waals surface area (Å²) in [5, 5.41) is 6.56. The van der Waals surface area contributed by atoms with Crippen LogP contribution in [0.1, 0.15) is 30.5 Å². The highest BCUT2D eigenvalue weighted by molar-refractivity contribution is 6.42. The zero-order valence-corrected chi connectivity index (χ0v) is 15.4. The van der Waals surface area contributed by atoms with Gasteiger partial charge in [-0.3, -0.25) is 9.59 Å². The first-order valence-corrected chi connectivity index (χ1v) is 8.76. The van der Waals surface area contributed by atoms with Gasteiger partial charge in [0.1, 0.15) is 0 Å². The molecule has 0 aliphatic heterocycles. The minimum atomic E-state index is -0.192. The van der Waals surface area contributed by atoms with E-state index >= 15 is 0 Å². The molecule has 25 heavy (non-hydrogen) atoms. The third-order valence-electron chi connectivity index (χ3n) is 3.70. The monoisotopic (exact) mass is 378 g/mol. The fourth-order valence-electron chi connectivity index (χ4n) is 2.34. The Morgan fingerprint density at radius 1 is 1.00 bits per heavy atom. The van der Waals surface area contributed by atoms with Gasteiger partial charge in [0.15, 0.2) is 0 Å². The molecule has 2 aromatic carbocycles. The SMILES string of the molecule is CC(NC(=O)CCNC(=O)Cc1ccccc1)c1ccc(Cl)c(Cl)c1. The number of carbonyl (C=O) groups excluding carboxylic acids is 2. The van der Waals surface area contributed by atoms with Gasteiger partial charge in [0.05, 0.1) is 22.5 Å². The lowest BCUT2D eigenvalue weighted by Crippen LogP contribution is -2.32. The molecule has 1 unspecified atom stereocenters. The molecule has 0 aromatic heterocycles. The van der Waals surface area contributed by atoms with Crippen LogP contribution in [-0.4, -0.2) is 18.4 Å². The van der Waals surface area contributed by atoms with E-state index in [4.69, 9.17) is 23.2 Å². The van der Waals surface area contributed by atoms with Crippen molar-refractivity contribution in [2.45, 2.75) is 25.8 Å². The lowest BCUT2D eigenvalue weighted by Gasteiger charge is -2.15. The summed E-state index contributed by atoms with van der Waals surface area (Å²) in [4.78, 5) is 23.8. The number of benzene rings is 2. The molecule has 1 atom stereocenters. The second-order valence-corrected chi connectivity index (χ2v) is 6.54. The highest BCUT2D eigenvalue weighted by Gasteiger charge is 2.11. The highest BCUT2D eigenvalue weighted by Crippen LogP contribution is 2.25. The van der Waals surface area contributed by atoms with Gasteiger partial charge >= 0.3 is 0 Å². The van der Waals surface area contributed by atoms with Crippen molar-refractivity contribution in [3.63, 3.8) is 0 Å². The first kappa shape index (κ1) is 19.3. The van der Waals surface area contributed by atoms with Crippen LogP contribution in [0.4, 0.5) is 0 Å². The molecular formula is C19H20Cl2N2O2. The van der Waals surface area contributed by atoms with Gasteiger partial charge in [0.25, 0.3) is 0 Å². The lowest BCUT2D eigenvalue weighted by atomic mass is 10.1. The average molecular weight is 379 g/mol. The topological polar surface area (TPSA) is 58.2 Å². The summed E-state index contributed by atoms with van der Waals surface area (Å²) in [5.41, 5.74) is 1.81. The summed E-state index contributed by atoms with van der Waals surface area (Å²) >= 11 is 11.9. The predicted molar refractivity (Wildman–Crippen MR) is 101 cm³/mol. The first-order valence-electron chi connectivity index (χ1n) is 8.00. The van der Waals surface area contributed by atoms with Gasteiger partial charge < -0.3 is 10.6 Å². The van der Waals surface area contributed by atoms with Crippen LogP contribution in [0.3, 0.4) is 0 Å². The zero-order chi connectivity index (χ0) is 18.2. The van der Waals surface area contributed by atoms with E-state index in [2.05, 4.69) is 10.6 Å². The van der Waals surface area contributed by atoms with Gasteiger partial charge in [-0.15, -0.1) is 0 Å². The standard InChI is InChI=1S/C19H20Cl2N2O2/c1-13(15-7-8-16(20)17(21)12-15)23-18(24)9-10-22-19(25)11-14-5-3-2-4-6-14/h2-8,12-13H,9-11H2,1H3,(H,22,25)(H,23,24). The minimum absolute atomic E-state index is 0.100. The van der Waals surface area contributed by atoms with Gasteiger partial charge in [0.2, 0.25) is 11.8 Å². The Bertz CT molecular complexity index is 735.